The summed E-state index contributed by atoms with van der Waals surface area (Å²) < 4.78 is 28.2. The molecule has 0 fully saturated rings. The van der Waals surface area contributed by atoms with Gasteiger partial charge in [0.1, 0.15) is 6.61 Å². The number of benzene rings is 1. The number of sulfonamides is 1. The van der Waals surface area contributed by atoms with Crippen LogP contribution < -0.4 is 5.14 Å². The van der Waals surface area contributed by atoms with Crippen molar-refractivity contribution in [2.24, 2.45) is 10.1 Å². The maximum atomic E-state index is 11.3. The fourth-order valence-electron chi connectivity index (χ4n) is 1.36. The zero-order valence-electron chi connectivity index (χ0n) is 8.18. The number of hydrogen-bond donors (Lipinski definition) is 1. The van der Waals surface area contributed by atoms with E-state index in [0.717, 1.165) is 0 Å². The summed E-state index contributed by atoms with van der Waals surface area (Å²) in [6.07, 6.45) is 0. The van der Waals surface area contributed by atoms with Gasteiger partial charge in [0.05, 0.1) is 11.4 Å². The molecule has 5 nitrogen and oxygen atoms in total. The number of aliphatic imine (C=N–C) groups is 1. The molecule has 16 heavy (non-hydrogen) atoms. The number of halogens is 1. The molecular weight excluding hydrogens is 296 g/mol. The Bertz CT molecular complexity index is 554. The Morgan fingerprint density at radius 1 is 1.44 bits per heavy atom. The Morgan fingerprint density at radius 2 is 2.19 bits per heavy atom. The summed E-state index contributed by atoms with van der Waals surface area (Å²) in [6.45, 7) is 1.12. The molecule has 0 bridgehead atoms. The Labute approximate surface area is 101 Å². The van der Waals surface area contributed by atoms with Crippen LogP contribution in [0, 0.1) is 0 Å². The van der Waals surface area contributed by atoms with Crippen LogP contribution in [-0.2, 0) is 14.8 Å². The summed E-state index contributed by atoms with van der Waals surface area (Å²) >= 11 is 3.13. The van der Waals surface area contributed by atoms with Gasteiger partial charge < -0.3 is 4.74 Å². The molecule has 0 saturated carbocycles. The van der Waals surface area contributed by atoms with E-state index in [4.69, 9.17) is 9.88 Å². The molecule has 0 unspecified atom stereocenters. The van der Waals surface area contributed by atoms with Crippen LogP contribution in [0.4, 0.5) is 0 Å². The summed E-state index contributed by atoms with van der Waals surface area (Å²) in [6, 6.07) is 4.78. The maximum Gasteiger partial charge on any atom is 0.239 e. The molecule has 0 spiro atoms. The number of nitrogens with zero attached hydrogens (tertiary/aromatic N) is 1. The lowest BCUT2D eigenvalue weighted by Crippen LogP contribution is -2.14. The molecule has 0 atom stereocenters. The molecule has 1 aromatic rings. The molecule has 0 radical (unpaired) electrons. The number of ether oxygens (including phenoxy) is 1. The van der Waals surface area contributed by atoms with Crippen molar-refractivity contribution in [3.63, 3.8) is 0 Å². The predicted molar refractivity (Wildman–Crippen MR) is 62.9 cm³/mol. The van der Waals surface area contributed by atoms with Crippen LogP contribution in [0.2, 0.25) is 0 Å². The van der Waals surface area contributed by atoms with Crippen LogP contribution in [-0.4, -0.2) is 27.5 Å². The van der Waals surface area contributed by atoms with Gasteiger partial charge in [-0.15, -0.1) is 0 Å². The highest BCUT2D eigenvalue weighted by Crippen LogP contribution is 2.23. The first-order valence-corrected chi connectivity index (χ1v) is 6.82. The highest BCUT2D eigenvalue weighted by Gasteiger charge is 2.17. The third kappa shape index (κ3) is 2.26. The van der Waals surface area contributed by atoms with Crippen molar-refractivity contribution >= 4 is 31.9 Å². The molecule has 86 valence electrons. The Hall–Kier alpha value is -0.920. The smallest absolute Gasteiger partial charge is 0.239 e. The molecule has 1 aliphatic heterocycles. The van der Waals surface area contributed by atoms with Crippen LogP contribution in [0.5, 0.6) is 0 Å². The van der Waals surface area contributed by atoms with E-state index < -0.39 is 10.0 Å². The third-order valence-corrected chi connectivity index (χ3v) is 3.97. The largest absolute Gasteiger partial charge is 0.476 e. The summed E-state index contributed by atoms with van der Waals surface area (Å²) in [5.74, 6) is 0.456. The fraction of sp³-hybridized carbons (Fsp3) is 0.222. The minimum Gasteiger partial charge on any atom is -0.476 e. The van der Waals surface area contributed by atoms with Gasteiger partial charge >= 0.3 is 0 Å². The summed E-state index contributed by atoms with van der Waals surface area (Å²) in [4.78, 5) is 4.13. The van der Waals surface area contributed by atoms with Crippen molar-refractivity contribution in [3.05, 3.63) is 28.2 Å². The van der Waals surface area contributed by atoms with Gasteiger partial charge in [-0.1, -0.05) is 0 Å². The Balaban J connectivity index is 2.51. The first-order chi connectivity index (χ1) is 7.48. The van der Waals surface area contributed by atoms with E-state index in [1.54, 1.807) is 12.1 Å². The van der Waals surface area contributed by atoms with E-state index in [1.807, 2.05) is 0 Å². The maximum absolute atomic E-state index is 11.3. The average Bonchev–Trinajstić information content (AvgIpc) is 2.69. The summed E-state index contributed by atoms with van der Waals surface area (Å²) in [7, 11) is -3.74. The predicted octanol–water partition coefficient (Wildman–Crippen LogP) is 0.873. The van der Waals surface area contributed by atoms with Gasteiger partial charge in [0.15, 0.2) is 0 Å². The quantitative estimate of drug-likeness (QED) is 0.880. The van der Waals surface area contributed by atoms with Gasteiger partial charge in [-0.25, -0.2) is 18.5 Å². The molecular formula is C9H9BrN2O3S. The van der Waals surface area contributed by atoms with E-state index in [2.05, 4.69) is 20.9 Å². The van der Waals surface area contributed by atoms with Gasteiger partial charge in [0, 0.05) is 10.0 Å². The molecule has 2 N–H and O–H groups in total. The van der Waals surface area contributed by atoms with E-state index in [1.165, 1.54) is 6.07 Å². The molecule has 1 heterocycles. The van der Waals surface area contributed by atoms with Gasteiger partial charge in [-0.05, 0) is 34.1 Å². The number of hydrogen-bond acceptors (Lipinski definition) is 4. The first-order valence-electron chi connectivity index (χ1n) is 4.48. The van der Waals surface area contributed by atoms with Crippen LogP contribution in [0.1, 0.15) is 5.56 Å². The van der Waals surface area contributed by atoms with E-state index in [0.29, 0.717) is 29.1 Å². The minimum atomic E-state index is -3.74. The molecule has 1 aliphatic rings. The second-order valence-electron chi connectivity index (χ2n) is 3.23. The van der Waals surface area contributed by atoms with Crippen molar-refractivity contribution in [2.75, 3.05) is 13.2 Å². The standard InChI is InChI=1S/C9H9BrN2O3S/c10-7-2-1-6(9-12-3-4-15-9)5-8(7)16(11,13)14/h1-2,5H,3-4H2,(H2,11,13,14). The molecule has 1 aromatic carbocycles. The molecule has 7 heteroatoms. The Kier molecular flexibility index (Phi) is 3.00. The van der Waals surface area contributed by atoms with Crippen LogP contribution in [0.25, 0.3) is 0 Å². The van der Waals surface area contributed by atoms with Crippen molar-refractivity contribution in [1.29, 1.82) is 0 Å². The zero-order valence-corrected chi connectivity index (χ0v) is 10.6. The number of rotatable bonds is 2. The minimum absolute atomic E-state index is 0.0307. The molecule has 0 saturated heterocycles. The lowest BCUT2D eigenvalue weighted by atomic mass is 10.2. The third-order valence-electron chi connectivity index (χ3n) is 2.07. The molecule has 0 amide bonds. The number of primary sulfonamides is 1. The summed E-state index contributed by atoms with van der Waals surface area (Å²) in [5, 5.41) is 5.09. The lowest BCUT2D eigenvalue weighted by molar-refractivity contribution is 0.348. The zero-order chi connectivity index (χ0) is 11.8. The van der Waals surface area contributed by atoms with E-state index >= 15 is 0 Å². The second kappa shape index (κ2) is 4.15. The van der Waals surface area contributed by atoms with Gasteiger partial charge in [0.25, 0.3) is 0 Å². The second-order valence-corrected chi connectivity index (χ2v) is 5.61. The fourth-order valence-corrected chi connectivity index (χ4v) is 2.92. The highest BCUT2D eigenvalue weighted by atomic mass is 79.9. The van der Waals surface area contributed by atoms with Crippen molar-refractivity contribution in [1.82, 2.24) is 0 Å². The van der Waals surface area contributed by atoms with E-state index in [9.17, 15) is 8.42 Å². The Morgan fingerprint density at radius 3 is 2.75 bits per heavy atom. The molecule has 2 rings (SSSR count). The molecule has 0 aliphatic carbocycles. The van der Waals surface area contributed by atoms with Gasteiger partial charge in [0.2, 0.25) is 15.9 Å². The average molecular weight is 305 g/mol. The van der Waals surface area contributed by atoms with Crippen LogP contribution in [0.15, 0.2) is 32.6 Å². The van der Waals surface area contributed by atoms with Crippen molar-refractivity contribution in [2.45, 2.75) is 4.90 Å². The van der Waals surface area contributed by atoms with E-state index in [-0.39, 0.29) is 4.90 Å². The van der Waals surface area contributed by atoms with Crippen LogP contribution in [0.3, 0.4) is 0 Å². The van der Waals surface area contributed by atoms with Gasteiger partial charge in [-0.3, -0.25) is 0 Å². The summed E-state index contributed by atoms with van der Waals surface area (Å²) in [5.41, 5.74) is 0.615. The normalized spacial score (nSPS) is 15.8. The number of nitrogens with two attached hydrogens (primary N) is 1. The van der Waals surface area contributed by atoms with Crippen molar-refractivity contribution in [3.8, 4) is 0 Å². The SMILES string of the molecule is NS(=O)(=O)c1cc(C2=NCCO2)ccc1Br. The molecule has 0 aromatic heterocycles. The highest BCUT2D eigenvalue weighted by molar-refractivity contribution is 9.10. The van der Waals surface area contributed by atoms with Crippen molar-refractivity contribution < 1.29 is 13.2 Å². The first kappa shape index (κ1) is 11.6. The van der Waals surface area contributed by atoms with Crippen LogP contribution >= 0.6 is 15.9 Å². The lowest BCUT2D eigenvalue weighted by Gasteiger charge is -2.05. The topological polar surface area (TPSA) is 81.8 Å². The van der Waals surface area contributed by atoms with Gasteiger partial charge in [-0.2, -0.15) is 0 Å². The monoisotopic (exact) mass is 304 g/mol.